The molecule has 0 aliphatic heterocycles. The first kappa shape index (κ1) is 14.4. The summed E-state index contributed by atoms with van der Waals surface area (Å²) in [6.45, 7) is 4.77. The van der Waals surface area contributed by atoms with Gasteiger partial charge in [0.05, 0.1) is 0 Å². The molecule has 1 heteroatoms. The van der Waals surface area contributed by atoms with Gasteiger partial charge in [-0.05, 0) is 82.3 Å². The van der Waals surface area contributed by atoms with E-state index < -0.39 is 0 Å². The SMILES string of the molecule is CC(C)n1c2c(c3c1C(C1C=CC=CC1)CCC3)CCCC2. The number of aromatic nitrogens is 1. The largest absolute Gasteiger partial charge is 0.345 e. The minimum atomic E-state index is 0.610. The van der Waals surface area contributed by atoms with Crippen LogP contribution in [0.2, 0.25) is 0 Å². The number of nitrogens with zero attached hydrogens (tertiary/aromatic N) is 1. The van der Waals surface area contributed by atoms with Crippen molar-refractivity contribution < 1.29 is 0 Å². The van der Waals surface area contributed by atoms with Crippen molar-refractivity contribution in [3.63, 3.8) is 0 Å². The summed E-state index contributed by atoms with van der Waals surface area (Å²) in [5, 5.41) is 0. The molecule has 1 heterocycles. The first-order valence-corrected chi connectivity index (χ1v) is 9.35. The second-order valence-corrected chi connectivity index (χ2v) is 7.67. The summed E-state index contributed by atoms with van der Waals surface area (Å²) < 4.78 is 2.76. The molecule has 1 aromatic rings. The molecule has 0 amide bonds. The summed E-state index contributed by atoms with van der Waals surface area (Å²) in [4.78, 5) is 0. The maximum absolute atomic E-state index is 2.76. The normalized spacial score (nSPS) is 27.0. The van der Waals surface area contributed by atoms with Crippen LogP contribution >= 0.6 is 0 Å². The van der Waals surface area contributed by atoms with Crippen LogP contribution in [-0.4, -0.2) is 4.57 Å². The smallest absolute Gasteiger partial charge is 0.0279 e. The average molecular weight is 295 g/mol. The molecule has 0 bridgehead atoms. The molecule has 0 fully saturated rings. The Balaban J connectivity index is 1.84. The van der Waals surface area contributed by atoms with E-state index in [0.717, 1.165) is 11.8 Å². The molecular weight excluding hydrogens is 266 g/mol. The van der Waals surface area contributed by atoms with Gasteiger partial charge in [0.25, 0.3) is 0 Å². The van der Waals surface area contributed by atoms with Gasteiger partial charge in [0, 0.05) is 23.3 Å². The monoisotopic (exact) mass is 295 g/mol. The fraction of sp³-hybridized carbons (Fsp3) is 0.619. The first-order valence-electron chi connectivity index (χ1n) is 9.35. The van der Waals surface area contributed by atoms with E-state index in [0.29, 0.717) is 6.04 Å². The zero-order chi connectivity index (χ0) is 15.1. The molecule has 3 aliphatic rings. The Labute approximate surface area is 135 Å². The number of hydrogen-bond acceptors (Lipinski definition) is 0. The van der Waals surface area contributed by atoms with Crippen molar-refractivity contribution in [2.45, 2.75) is 77.2 Å². The van der Waals surface area contributed by atoms with Gasteiger partial charge in [-0.2, -0.15) is 0 Å². The van der Waals surface area contributed by atoms with Crippen LogP contribution in [0, 0.1) is 5.92 Å². The third kappa shape index (κ3) is 2.21. The van der Waals surface area contributed by atoms with E-state index in [1.807, 2.05) is 0 Å². The first-order chi connectivity index (χ1) is 10.8. The maximum atomic E-state index is 2.76. The van der Waals surface area contributed by atoms with Gasteiger partial charge < -0.3 is 4.57 Å². The molecule has 0 saturated carbocycles. The molecule has 1 aromatic heterocycles. The van der Waals surface area contributed by atoms with Gasteiger partial charge >= 0.3 is 0 Å². The lowest BCUT2D eigenvalue weighted by atomic mass is 9.75. The van der Waals surface area contributed by atoms with Crippen LogP contribution in [0.1, 0.15) is 80.4 Å². The molecule has 1 nitrogen and oxygen atoms in total. The Kier molecular flexibility index (Phi) is 3.76. The molecule has 22 heavy (non-hydrogen) atoms. The Morgan fingerprint density at radius 2 is 1.82 bits per heavy atom. The highest BCUT2D eigenvalue weighted by atomic mass is 15.0. The van der Waals surface area contributed by atoms with Crippen molar-refractivity contribution in [2.24, 2.45) is 5.92 Å². The van der Waals surface area contributed by atoms with E-state index in [1.54, 1.807) is 22.5 Å². The highest BCUT2D eigenvalue weighted by molar-refractivity contribution is 5.44. The van der Waals surface area contributed by atoms with Gasteiger partial charge in [-0.1, -0.05) is 24.3 Å². The predicted molar refractivity (Wildman–Crippen MR) is 93.5 cm³/mol. The summed E-state index contributed by atoms with van der Waals surface area (Å²) in [6, 6.07) is 0.610. The van der Waals surface area contributed by atoms with E-state index in [4.69, 9.17) is 0 Å². The highest BCUT2D eigenvalue weighted by Crippen LogP contribution is 2.45. The predicted octanol–water partition coefficient (Wildman–Crippen LogP) is 5.50. The van der Waals surface area contributed by atoms with Crippen LogP contribution in [0.5, 0.6) is 0 Å². The van der Waals surface area contributed by atoms with Gasteiger partial charge in [0.2, 0.25) is 0 Å². The van der Waals surface area contributed by atoms with Crippen molar-refractivity contribution in [3.05, 3.63) is 46.8 Å². The van der Waals surface area contributed by atoms with E-state index in [2.05, 4.69) is 42.7 Å². The second kappa shape index (κ2) is 5.76. The number of fused-ring (bicyclic) bond motifs is 3. The van der Waals surface area contributed by atoms with E-state index in [1.165, 1.54) is 51.4 Å². The number of hydrogen-bond donors (Lipinski definition) is 0. The lowest BCUT2D eigenvalue weighted by molar-refractivity contribution is 0.401. The van der Waals surface area contributed by atoms with Crippen molar-refractivity contribution in [2.75, 3.05) is 0 Å². The molecule has 0 spiro atoms. The van der Waals surface area contributed by atoms with Gasteiger partial charge in [0.15, 0.2) is 0 Å². The Morgan fingerprint density at radius 1 is 1.00 bits per heavy atom. The van der Waals surface area contributed by atoms with Gasteiger partial charge in [-0.15, -0.1) is 0 Å². The minimum absolute atomic E-state index is 0.610. The van der Waals surface area contributed by atoms with Crippen LogP contribution in [-0.2, 0) is 19.3 Å². The zero-order valence-electron chi connectivity index (χ0n) is 14.1. The molecule has 0 aromatic carbocycles. The fourth-order valence-electron chi connectivity index (χ4n) is 5.15. The van der Waals surface area contributed by atoms with Crippen molar-refractivity contribution in [3.8, 4) is 0 Å². The molecule has 0 saturated heterocycles. The molecule has 0 N–H and O–H groups in total. The topological polar surface area (TPSA) is 4.93 Å². The summed E-state index contributed by atoms with van der Waals surface area (Å²) in [5.41, 5.74) is 6.96. The second-order valence-electron chi connectivity index (χ2n) is 7.67. The van der Waals surface area contributed by atoms with E-state index in [-0.39, 0.29) is 0 Å². The molecule has 118 valence electrons. The standard InChI is InChI=1S/C21H29N/c1-15(2)22-20-14-7-6-11-18(20)19-13-8-12-17(21(19)22)16-9-4-3-5-10-16/h3-5,9,15-17H,6-8,10-14H2,1-2H3. The number of rotatable bonds is 2. The van der Waals surface area contributed by atoms with Gasteiger partial charge in [0.1, 0.15) is 0 Å². The van der Waals surface area contributed by atoms with Gasteiger partial charge in [-0.3, -0.25) is 0 Å². The van der Waals surface area contributed by atoms with Crippen molar-refractivity contribution >= 4 is 0 Å². The van der Waals surface area contributed by atoms with E-state index >= 15 is 0 Å². The molecule has 2 unspecified atom stereocenters. The highest BCUT2D eigenvalue weighted by Gasteiger charge is 2.34. The summed E-state index contributed by atoms with van der Waals surface area (Å²) >= 11 is 0. The summed E-state index contributed by atoms with van der Waals surface area (Å²) in [7, 11) is 0. The fourth-order valence-corrected chi connectivity index (χ4v) is 5.15. The van der Waals surface area contributed by atoms with Crippen molar-refractivity contribution in [1.29, 1.82) is 0 Å². The van der Waals surface area contributed by atoms with Crippen LogP contribution < -0.4 is 0 Å². The molecular formula is C21H29N. The lowest BCUT2D eigenvalue weighted by Gasteiger charge is -2.32. The molecule has 4 rings (SSSR count). The van der Waals surface area contributed by atoms with Crippen LogP contribution in [0.15, 0.2) is 24.3 Å². The van der Waals surface area contributed by atoms with Crippen molar-refractivity contribution in [1.82, 2.24) is 4.57 Å². The van der Waals surface area contributed by atoms with Crippen LogP contribution in [0.4, 0.5) is 0 Å². The average Bonchev–Trinajstić information content (AvgIpc) is 2.90. The summed E-state index contributed by atoms with van der Waals surface area (Å²) in [5.74, 6) is 1.47. The molecule has 3 aliphatic carbocycles. The number of allylic oxidation sites excluding steroid dienone is 4. The van der Waals surface area contributed by atoms with E-state index in [9.17, 15) is 0 Å². The quantitative estimate of drug-likeness (QED) is 0.679. The zero-order valence-corrected chi connectivity index (χ0v) is 14.1. The van der Waals surface area contributed by atoms with Crippen LogP contribution in [0.3, 0.4) is 0 Å². The Morgan fingerprint density at radius 3 is 2.59 bits per heavy atom. The molecule has 0 radical (unpaired) electrons. The third-order valence-electron chi connectivity index (χ3n) is 6.00. The Hall–Kier alpha value is -1.24. The van der Waals surface area contributed by atoms with Crippen LogP contribution in [0.25, 0.3) is 0 Å². The Bertz CT molecular complexity index is 614. The minimum Gasteiger partial charge on any atom is -0.345 e. The third-order valence-corrected chi connectivity index (χ3v) is 6.00. The maximum Gasteiger partial charge on any atom is 0.0279 e. The lowest BCUT2D eigenvalue weighted by Crippen LogP contribution is -2.22. The summed E-state index contributed by atoms with van der Waals surface area (Å²) in [6.07, 6.45) is 20.1. The molecule has 2 atom stereocenters. The van der Waals surface area contributed by atoms with Gasteiger partial charge in [-0.25, -0.2) is 0 Å².